The van der Waals surface area contributed by atoms with Crippen LogP contribution < -0.4 is 0 Å². The van der Waals surface area contributed by atoms with Gasteiger partial charge in [0.05, 0.1) is 11.1 Å². The average Bonchev–Trinajstić information content (AvgIpc) is 3.00. The normalized spacial score (nSPS) is 18.0. The van der Waals surface area contributed by atoms with Gasteiger partial charge in [0.25, 0.3) is 11.8 Å². The molecule has 0 aliphatic carbocycles. The Morgan fingerprint density at radius 1 is 0.967 bits per heavy atom. The van der Waals surface area contributed by atoms with Gasteiger partial charge in [-0.25, -0.2) is 0 Å². The molecule has 4 rings (SSSR count). The lowest BCUT2D eigenvalue weighted by molar-refractivity contribution is -0.136. The van der Waals surface area contributed by atoms with Crippen LogP contribution in [0.25, 0.3) is 0 Å². The number of amides is 3. The second-order valence-corrected chi connectivity index (χ2v) is 8.38. The number of piperazine rings is 1. The molecule has 3 amide bonds. The molecule has 8 heteroatoms. The highest BCUT2D eigenvalue weighted by atomic mass is 35.5. The van der Waals surface area contributed by atoms with Crippen LogP contribution in [0.15, 0.2) is 42.5 Å². The highest BCUT2D eigenvalue weighted by Gasteiger charge is 2.42. The monoisotopic (exact) mass is 445 g/mol. The molecule has 0 saturated carbocycles. The Morgan fingerprint density at radius 3 is 2.13 bits per heavy atom. The summed E-state index contributed by atoms with van der Waals surface area (Å²) in [4.78, 5) is 43.3. The van der Waals surface area contributed by atoms with Crippen LogP contribution in [0.5, 0.6) is 0 Å². The average molecular weight is 446 g/mol. The van der Waals surface area contributed by atoms with E-state index < -0.39 is 17.9 Å². The largest absolute Gasteiger partial charge is 0.338 e. The van der Waals surface area contributed by atoms with Crippen molar-refractivity contribution in [2.24, 2.45) is 0 Å². The van der Waals surface area contributed by atoms with Crippen LogP contribution >= 0.6 is 23.2 Å². The van der Waals surface area contributed by atoms with Gasteiger partial charge in [-0.1, -0.05) is 41.4 Å². The summed E-state index contributed by atoms with van der Waals surface area (Å²) in [7, 11) is 0. The summed E-state index contributed by atoms with van der Waals surface area (Å²) in [5.74, 6) is -1.03. The van der Waals surface area contributed by atoms with Crippen LogP contribution in [-0.4, -0.2) is 64.6 Å². The van der Waals surface area contributed by atoms with Crippen molar-refractivity contribution >= 4 is 40.9 Å². The minimum Gasteiger partial charge on any atom is -0.338 e. The Kier molecular flexibility index (Phi) is 5.82. The summed E-state index contributed by atoms with van der Waals surface area (Å²) in [5.41, 5.74) is 1.69. The zero-order valence-electron chi connectivity index (χ0n) is 16.5. The fourth-order valence-electron chi connectivity index (χ4n) is 3.95. The van der Waals surface area contributed by atoms with Gasteiger partial charge in [-0.05, 0) is 36.8 Å². The highest BCUT2D eigenvalue weighted by molar-refractivity contribution is 6.35. The number of hydrogen-bond acceptors (Lipinski definition) is 4. The smallest absolute Gasteiger partial charge is 0.262 e. The second-order valence-electron chi connectivity index (χ2n) is 7.54. The Bertz CT molecular complexity index is 983. The Morgan fingerprint density at radius 2 is 1.57 bits per heavy atom. The van der Waals surface area contributed by atoms with Crippen molar-refractivity contribution in [3.8, 4) is 0 Å². The Hall–Kier alpha value is -2.41. The summed E-state index contributed by atoms with van der Waals surface area (Å²) >= 11 is 12.2. The lowest BCUT2D eigenvalue weighted by Crippen LogP contribution is -2.55. The maximum absolute atomic E-state index is 13.0. The number of halogens is 2. The maximum Gasteiger partial charge on any atom is 0.262 e. The van der Waals surface area contributed by atoms with Gasteiger partial charge in [-0.3, -0.25) is 24.2 Å². The number of hydrogen-bond donors (Lipinski definition) is 0. The number of imide groups is 1. The minimum absolute atomic E-state index is 0.214. The van der Waals surface area contributed by atoms with Crippen molar-refractivity contribution in [2.45, 2.75) is 19.5 Å². The predicted octanol–water partition coefficient (Wildman–Crippen LogP) is 3.32. The zero-order chi connectivity index (χ0) is 21.4. The molecule has 1 fully saturated rings. The first kappa shape index (κ1) is 20.8. The molecule has 0 aromatic heterocycles. The molecule has 0 N–H and O–H groups in total. The second kappa shape index (κ2) is 8.38. The van der Waals surface area contributed by atoms with Crippen molar-refractivity contribution in [3.63, 3.8) is 0 Å². The van der Waals surface area contributed by atoms with Gasteiger partial charge in [-0.15, -0.1) is 0 Å². The molecule has 0 radical (unpaired) electrons. The van der Waals surface area contributed by atoms with E-state index in [1.165, 1.54) is 0 Å². The third-order valence-corrected chi connectivity index (χ3v) is 6.25. The van der Waals surface area contributed by atoms with Crippen LogP contribution in [0.4, 0.5) is 0 Å². The molecule has 6 nitrogen and oxygen atoms in total. The highest BCUT2D eigenvalue weighted by Crippen LogP contribution is 2.26. The number of nitrogens with zero attached hydrogens (tertiary/aromatic N) is 3. The molecule has 30 heavy (non-hydrogen) atoms. The van der Waals surface area contributed by atoms with Crippen LogP contribution in [0.2, 0.25) is 10.0 Å². The number of fused-ring (bicyclic) bond motifs is 1. The summed E-state index contributed by atoms with van der Waals surface area (Å²) in [6, 6.07) is 11.3. The first-order valence-corrected chi connectivity index (χ1v) is 10.5. The Labute approximate surface area is 184 Å². The molecule has 2 aromatic rings. The fourth-order valence-corrected chi connectivity index (χ4v) is 4.42. The van der Waals surface area contributed by atoms with E-state index in [0.717, 1.165) is 10.5 Å². The van der Waals surface area contributed by atoms with Crippen LogP contribution in [0.1, 0.15) is 33.2 Å². The Balaban J connectivity index is 1.37. The van der Waals surface area contributed by atoms with Gasteiger partial charge >= 0.3 is 0 Å². The van der Waals surface area contributed by atoms with Gasteiger partial charge in [0.2, 0.25) is 5.91 Å². The van der Waals surface area contributed by atoms with Crippen LogP contribution in [0, 0.1) is 0 Å². The van der Waals surface area contributed by atoms with Crippen LogP contribution in [-0.2, 0) is 11.3 Å². The quantitative estimate of drug-likeness (QED) is 0.677. The van der Waals surface area contributed by atoms with Crippen LogP contribution in [0.3, 0.4) is 0 Å². The van der Waals surface area contributed by atoms with Crippen molar-refractivity contribution in [1.29, 1.82) is 0 Å². The van der Waals surface area contributed by atoms with Gasteiger partial charge in [0.15, 0.2) is 0 Å². The molecule has 0 unspecified atom stereocenters. The van der Waals surface area contributed by atoms with Gasteiger partial charge in [0, 0.05) is 42.8 Å². The van der Waals surface area contributed by atoms with Gasteiger partial charge < -0.3 is 4.90 Å². The maximum atomic E-state index is 13.0. The first-order valence-electron chi connectivity index (χ1n) is 9.79. The lowest BCUT2D eigenvalue weighted by atomic mass is 10.1. The molecule has 2 aliphatic rings. The fraction of sp³-hybridized carbons (Fsp3) is 0.318. The van der Waals surface area contributed by atoms with E-state index in [-0.39, 0.29) is 5.91 Å². The topological polar surface area (TPSA) is 60.9 Å². The third kappa shape index (κ3) is 3.83. The molecule has 156 valence electrons. The molecule has 2 heterocycles. The minimum atomic E-state index is -0.838. The summed E-state index contributed by atoms with van der Waals surface area (Å²) in [6.07, 6.45) is 0. The summed E-state index contributed by atoms with van der Waals surface area (Å²) in [6.45, 7) is 4.70. The molecule has 2 aliphatic heterocycles. The van der Waals surface area contributed by atoms with Gasteiger partial charge in [-0.2, -0.15) is 0 Å². The number of rotatable bonds is 4. The predicted molar refractivity (Wildman–Crippen MR) is 115 cm³/mol. The van der Waals surface area contributed by atoms with Gasteiger partial charge in [0.1, 0.15) is 6.04 Å². The van der Waals surface area contributed by atoms with Crippen molar-refractivity contribution in [2.75, 3.05) is 26.2 Å². The lowest BCUT2D eigenvalue weighted by Gasteiger charge is -2.37. The van der Waals surface area contributed by atoms with E-state index in [9.17, 15) is 14.4 Å². The van der Waals surface area contributed by atoms with E-state index >= 15 is 0 Å². The third-order valence-electron chi connectivity index (χ3n) is 5.66. The zero-order valence-corrected chi connectivity index (χ0v) is 18.0. The van der Waals surface area contributed by atoms with E-state index in [0.29, 0.717) is 53.9 Å². The summed E-state index contributed by atoms with van der Waals surface area (Å²) in [5, 5.41) is 1.22. The van der Waals surface area contributed by atoms with E-state index in [2.05, 4.69) is 4.90 Å². The molecule has 1 saturated heterocycles. The van der Waals surface area contributed by atoms with E-state index in [4.69, 9.17) is 23.2 Å². The molecule has 1 atom stereocenters. The SMILES string of the molecule is C[C@@H](C(=O)N1CCN(Cc2ccc(Cl)cc2Cl)CC1)N1C(=O)c2ccccc2C1=O. The number of benzene rings is 2. The van der Waals surface area contributed by atoms with Crippen molar-refractivity contribution in [1.82, 2.24) is 14.7 Å². The molecular weight excluding hydrogens is 425 g/mol. The molecule has 2 aromatic carbocycles. The number of carbonyl (C=O) groups is 3. The molecule has 0 spiro atoms. The standard InChI is InChI=1S/C22H21Cl2N3O3/c1-14(27-21(29)17-4-2-3-5-18(17)22(27)30)20(28)26-10-8-25(9-11-26)13-15-6-7-16(23)12-19(15)24/h2-7,12,14H,8-11,13H2,1H3/t14-/m0/s1. The van der Waals surface area contributed by atoms with E-state index in [1.54, 1.807) is 42.2 Å². The summed E-state index contributed by atoms with van der Waals surface area (Å²) < 4.78 is 0. The number of carbonyl (C=O) groups excluding carboxylic acids is 3. The van der Waals surface area contributed by atoms with Crippen molar-refractivity contribution < 1.29 is 14.4 Å². The molecule has 0 bridgehead atoms. The van der Waals surface area contributed by atoms with Crippen molar-refractivity contribution in [3.05, 3.63) is 69.2 Å². The first-order chi connectivity index (χ1) is 14.4. The molecular formula is C22H21Cl2N3O3. The van der Waals surface area contributed by atoms with E-state index in [1.807, 2.05) is 12.1 Å².